The molecule has 0 saturated heterocycles. The lowest BCUT2D eigenvalue weighted by molar-refractivity contribution is 0.668. The third-order valence-electron chi connectivity index (χ3n) is 9.11. The zero-order valence-electron chi connectivity index (χ0n) is 25.6. The molecule has 0 radical (unpaired) electrons. The van der Waals surface area contributed by atoms with Crippen LogP contribution in [0.3, 0.4) is 0 Å². The summed E-state index contributed by atoms with van der Waals surface area (Å²) in [5, 5.41) is 5.91. The first-order chi connectivity index (χ1) is 23.8. The number of aromatic nitrogens is 5. The predicted molar refractivity (Wildman–Crippen MR) is 193 cm³/mol. The first-order valence-corrected chi connectivity index (χ1v) is 15.9. The Morgan fingerprint density at radius 1 is 0.479 bits per heavy atom. The molecule has 0 aliphatic rings. The van der Waals surface area contributed by atoms with E-state index in [0.29, 0.717) is 23.1 Å². The zero-order chi connectivity index (χ0) is 31.6. The summed E-state index contributed by atoms with van der Waals surface area (Å²) in [4.78, 5) is 19.5. The zero-order valence-corrected chi connectivity index (χ0v) is 25.6. The Kier molecular flexibility index (Phi) is 5.77. The summed E-state index contributed by atoms with van der Waals surface area (Å²) < 4.78 is 8.66. The first kappa shape index (κ1) is 26.5. The van der Waals surface area contributed by atoms with Gasteiger partial charge in [-0.1, -0.05) is 84.9 Å². The highest BCUT2D eigenvalue weighted by molar-refractivity contribution is 6.21. The van der Waals surface area contributed by atoms with Crippen LogP contribution in [0.5, 0.6) is 0 Å². The minimum Gasteiger partial charge on any atom is -0.454 e. The molecule has 4 heterocycles. The van der Waals surface area contributed by atoms with E-state index in [1.54, 1.807) is 6.20 Å². The summed E-state index contributed by atoms with van der Waals surface area (Å²) in [6.45, 7) is 0. The van der Waals surface area contributed by atoms with E-state index in [0.717, 1.165) is 38.9 Å². The molecule has 10 rings (SSSR count). The lowest BCUT2D eigenvalue weighted by Gasteiger charge is -2.11. The fourth-order valence-corrected chi connectivity index (χ4v) is 6.91. The van der Waals surface area contributed by atoms with Gasteiger partial charge in [-0.25, -0.2) is 15.0 Å². The Bertz CT molecular complexity index is 2830. The highest BCUT2D eigenvalue weighted by atomic mass is 16.3. The average Bonchev–Trinajstić information content (AvgIpc) is 3.71. The Morgan fingerprint density at radius 2 is 1.19 bits per heavy atom. The molecule has 6 heteroatoms. The van der Waals surface area contributed by atoms with Crippen molar-refractivity contribution in [2.45, 2.75) is 0 Å². The van der Waals surface area contributed by atoms with Crippen molar-refractivity contribution in [1.29, 1.82) is 0 Å². The van der Waals surface area contributed by atoms with Gasteiger partial charge in [0.05, 0.1) is 16.6 Å². The van der Waals surface area contributed by atoms with Crippen LogP contribution in [-0.2, 0) is 0 Å². The minimum absolute atomic E-state index is 0.543. The van der Waals surface area contributed by atoms with Crippen LogP contribution in [0.2, 0.25) is 0 Å². The molecule has 224 valence electrons. The third kappa shape index (κ3) is 4.06. The second kappa shape index (κ2) is 10.4. The quantitative estimate of drug-likeness (QED) is 0.197. The van der Waals surface area contributed by atoms with Crippen molar-refractivity contribution >= 4 is 54.6 Å². The molecule has 10 aromatic rings. The second-order valence-electron chi connectivity index (χ2n) is 11.9. The molecular formula is C42H25N5O. The van der Waals surface area contributed by atoms with E-state index in [-0.39, 0.29) is 0 Å². The molecular weight excluding hydrogens is 590 g/mol. The maximum atomic E-state index is 6.32. The van der Waals surface area contributed by atoms with E-state index >= 15 is 0 Å². The van der Waals surface area contributed by atoms with E-state index in [4.69, 9.17) is 19.4 Å². The van der Waals surface area contributed by atoms with Crippen molar-refractivity contribution in [2.24, 2.45) is 0 Å². The maximum absolute atomic E-state index is 6.32. The van der Waals surface area contributed by atoms with Crippen LogP contribution in [0, 0.1) is 0 Å². The number of fused-ring (bicyclic) bond motifs is 8. The lowest BCUT2D eigenvalue weighted by Crippen LogP contribution is -2.00. The molecule has 0 aliphatic carbocycles. The summed E-state index contributed by atoms with van der Waals surface area (Å²) in [5.74, 6) is 1.73. The number of furan rings is 1. The average molecular weight is 616 g/mol. The molecule has 6 aromatic carbocycles. The molecule has 0 aliphatic heterocycles. The topological polar surface area (TPSA) is 69.6 Å². The van der Waals surface area contributed by atoms with Crippen molar-refractivity contribution in [1.82, 2.24) is 24.5 Å². The Hall–Kier alpha value is -6.66. The van der Waals surface area contributed by atoms with Gasteiger partial charge < -0.3 is 8.98 Å². The Labute approximate surface area is 274 Å². The lowest BCUT2D eigenvalue weighted by atomic mass is 10.0. The monoisotopic (exact) mass is 615 g/mol. The van der Waals surface area contributed by atoms with Crippen LogP contribution in [-0.4, -0.2) is 24.5 Å². The highest BCUT2D eigenvalue weighted by Crippen LogP contribution is 2.38. The molecule has 0 atom stereocenters. The van der Waals surface area contributed by atoms with Gasteiger partial charge in [0.15, 0.2) is 23.1 Å². The number of rotatable bonds is 4. The number of para-hydroxylation sites is 2. The molecule has 48 heavy (non-hydrogen) atoms. The van der Waals surface area contributed by atoms with Gasteiger partial charge in [-0.2, -0.15) is 0 Å². The van der Waals surface area contributed by atoms with Crippen LogP contribution in [0.25, 0.3) is 94.5 Å². The molecule has 0 spiro atoms. The molecule has 0 unspecified atom stereocenters. The number of hydrogen-bond donors (Lipinski definition) is 0. The van der Waals surface area contributed by atoms with E-state index in [9.17, 15) is 0 Å². The van der Waals surface area contributed by atoms with Crippen molar-refractivity contribution in [3.05, 3.63) is 152 Å². The summed E-state index contributed by atoms with van der Waals surface area (Å²) in [6.07, 6.45) is 1.78. The summed E-state index contributed by atoms with van der Waals surface area (Å²) in [7, 11) is 0. The Balaban J connectivity index is 1.15. The smallest absolute Gasteiger partial charge is 0.167 e. The number of nitrogens with zero attached hydrogens (tertiary/aromatic N) is 5. The summed E-state index contributed by atoms with van der Waals surface area (Å²) >= 11 is 0. The van der Waals surface area contributed by atoms with Gasteiger partial charge in [0, 0.05) is 39.2 Å². The predicted octanol–water partition coefficient (Wildman–Crippen LogP) is 10.4. The standard InChI is InChI=1S/C42H25N5O/c1-2-11-27(12-3-1)40-44-41(46-42(45-40)33-16-8-15-32-38-36(48-39(32)33)18-9-25-43-38)28-19-22-29(23-20-28)47-34-17-7-6-14-31(34)37-30-13-5-4-10-26(30)21-24-35(37)47/h1-25H. The van der Waals surface area contributed by atoms with Crippen molar-refractivity contribution < 1.29 is 4.42 Å². The molecule has 0 bridgehead atoms. The molecule has 6 nitrogen and oxygen atoms in total. The van der Waals surface area contributed by atoms with Gasteiger partial charge in [0.2, 0.25) is 0 Å². The SMILES string of the molecule is c1ccc(-c2nc(-c3ccc(-n4c5ccccc5c5c6ccccc6ccc54)cc3)nc(-c3cccc4c3oc3cccnc34)n2)cc1. The fraction of sp³-hybridized carbons (Fsp3) is 0. The van der Waals surface area contributed by atoms with Crippen LogP contribution >= 0.6 is 0 Å². The Morgan fingerprint density at radius 3 is 2.04 bits per heavy atom. The minimum atomic E-state index is 0.543. The van der Waals surface area contributed by atoms with Gasteiger partial charge in [-0.05, 0) is 71.4 Å². The second-order valence-corrected chi connectivity index (χ2v) is 11.9. The largest absolute Gasteiger partial charge is 0.454 e. The maximum Gasteiger partial charge on any atom is 0.167 e. The highest BCUT2D eigenvalue weighted by Gasteiger charge is 2.19. The number of pyridine rings is 1. The van der Waals surface area contributed by atoms with E-state index < -0.39 is 0 Å². The molecule has 0 amide bonds. The van der Waals surface area contributed by atoms with E-state index in [2.05, 4.69) is 94.5 Å². The van der Waals surface area contributed by atoms with Gasteiger partial charge in [0.1, 0.15) is 11.1 Å². The normalized spacial score (nSPS) is 11.8. The summed E-state index contributed by atoms with van der Waals surface area (Å²) in [5.41, 5.74) is 8.25. The van der Waals surface area contributed by atoms with Crippen molar-refractivity contribution in [2.75, 3.05) is 0 Å². The van der Waals surface area contributed by atoms with Gasteiger partial charge in [0.25, 0.3) is 0 Å². The van der Waals surface area contributed by atoms with E-state index in [1.165, 1.54) is 32.6 Å². The molecule has 0 N–H and O–H groups in total. The summed E-state index contributed by atoms with van der Waals surface area (Å²) in [6, 6.07) is 50.0. The van der Waals surface area contributed by atoms with Crippen molar-refractivity contribution in [3.8, 4) is 39.9 Å². The van der Waals surface area contributed by atoms with Crippen LogP contribution in [0.4, 0.5) is 0 Å². The number of benzene rings is 6. The van der Waals surface area contributed by atoms with Crippen LogP contribution in [0.1, 0.15) is 0 Å². The van der Waals surface area contributed by atoms with Gasteiger partial charge >= 0.3 is 0 Å². The first-order valence-electron chi connectivity index (χ1n) is 15.9. The van der Waals surface area contributed by atoms with Gasteiger partial charge in [-0.15, -0.1) is 0 Å². The van der Waals surface area contributed by atoms with Gasteiger partial charge in [-0.3, -0.25) is 4.98 Å². The molecule has 4 aromatic heterocycles. The number of hydrogen-bond acceptors (Lipinski definition) is 5. The third-order valence-corrected chi connectivity index (χ3v) is 9.11. The molecule has 0 saturated carbocycles. The fourth-order valence-electron chi connectivity index (χ4n) is 6.91. The van der Waals surface area contributed by atoms with E-state index in [1.807, 2.05) is 60.7 Å². The van der Waals surface area contributed by atoms with Crippen LogP contribution in [0.15, 0.2) is 156 Å². The molecule has 0 fully saturated rings. The van der Waals surface area contributed by atoms with Crippen molar-refractivity contribution in [3.63, 3.8) is 0 Å². The van der Waals surface area contributed by atoms with Crippen LogP contribution < -0.4 is 0 Å².